The van der Waals surface area contributed by atoms with Gasteiger partial charge < -0.3 is 10.6 Å². The van der Waals surface area contributed by atoms with Crippen molar-refractivity contribution in [3.05, 3.63) is 11.5 Å². The summed E-state index contributed by atoms with van der Waals surface area (Å²) in [5.41, 5.74) is -2.01. The molecular formula is C8H9F4N3O. The van der Waals surface area contributed by atoms with Crippen LogP contribution in [0.4, 0.5) is 22.4 Å². The molecule has 8 heteroatoms. The molecule has 0 fully saturated rings. The Bertz CT molecular complexity index is 340. The Morgan fingerprint density at radius 3 is 2.19 bits per heavy atom. The van der Waals surface area contributed by atoms with Gasteiger partial charge in [0.25, 0.3) is 0 Å². The summed E-state index contributed by atoms with van der Waals surface area (Å²) >= 11 is 0. The molecule has 0 aromatic carbocycles. The molecule has 0 heterocycles. The standard InChI is InChI=1S/C8H9F4N3O/c1-4(2)14-7(16)15-6(5(9)3-13)8(10,11)12/h4H,1-2H3,(H2,14,15,16)/b6-5+. The summed E-state index contributed by atoms with van der Waals surface area (Å²) in [7, 11) is 0. The van der Waals surface area contributed by atoms with Crippen LogP contribution in [0.15, 0.2) is 11.5 Å². The number of amides is 2. The Hall–Kier alpha value is -1.78. The summed E-state index contributed by atoms with van der Waals surface area (Å²) in [5, 5.41) is 11.3. The zero-order valence-electron chi connectivity index (χ0n) is 8.44. The summed E-state index contributed by atoms with van der Waals surface area (Å²) in [6.07, 6.45) is -5.13. The minimum atomic E-state index is -5.13. The summed E-state index contributed by atoms with van der Waals surface area (Å²) in [6.45, 7) is 3.02. The third-order valence-corrected chi connectivity index (χ3v) is 1.26. The van der Waals surface area contributed by atoms with E-state index < -0.39 is 29.8 Å². The molecule has 0 aliphatic rings. The van der Waals surface area contributed by atoms with E-state index in [4.69, 9.17) is 5.26 Å². The van der Waals surface area contributed by atoms with Crippen LogP contribution in [0.1, 0.15) is 13.8 Å². The zero-order valence-corrected chi connectivity index (χ0v) is 8.44. The maximum Gasteiger partial charge on any atom is 0.435 e. The second kappa shape index (κ2) is 5.34. The first-order chi connectivity index (χ1) is 7.18. The van der Waals surface area contributed by atoms with Gasteiger partial charge in [-0.25, -0.2) is 4.79 Å². The average Bonchev–Trinajstić information content (AvgIpc) is 2.10. The van der Waals surface area contributed by atoms with Crippen molar-refractivity contribution in [2.75, 3.05) is 0 Å². The number of carbonyl (C=O) groups excluding carboxylic acids is 1. The molecule has 16 heavy (non-hydrogen) atoms. The number of nitrogens with one attached hydrogen (secondary N) is 2. The van der Waals surface area contributed by atoms with E-state index in [1.54, 1.807) is 0 Å². The monoisotopic (exact) mass is 239 g/mol. The molecule has 0 radical (unpaired) electrons. The van der Waals surface area contributed by atoms with E-state index in [0.717, 1.165) is 0 Å². The number of nitrogens with zero attached hydrogens (tertiary/aromatic N) is 1. The average molecular weight is 239 g/mol. The highest BCUT2D eigenvalue weighted by Crippen LogP contribution is 2.26. The first-order valence-corrected chi connectivity index (χ1v) is 4.13. The van der Waals surface area contributed by atoms with E-state index in [-0.39, 0.29) is 0 Å². The molecule has 90 valence electrons. The van der Waals surface area contributed by atoms with Gasteiger partial charge in [0, 0.05) is 6.04 Å². The van der Waals surface area contributed by atoms with Crippen molar-refractivity contribution >= 4 is 6.03 Å². The maximum atomic E-state index is 12.5. The van der Waals surface area contributed by atoms with Crippen LogP contribution in [0.3, 0.4) is 0 Å². The highest BCUT2D eigenvalue weighted by Gasteiger charge is 2.38. The number of allylic oxidation sites excluding steroid dienone is 2. The van der Waals surface area contributed by atoms with Crippen LogP contribution < -0.4 is 10.6 Å². The third-order valence-electron chi connectivity index (χ3n) is 1.26. The number of alkyl halides is 3. The number of halogens is 4. The first-order valence-electron chi connectivity index (χ1n) is 4.13. The van der Waals surface area contributed by atoms with Crippen molar-refractivity contribution in [1.82, 2.24) is 10.6 Å². The van der Waals surface area contributed by atoms with Crippen molar-refractivity contribution < 1.29 is 22.4 Å². The van der Waals surface area contributed by atoms with Gasteiger partial charge in [0.05, 0.1) is 0 Å². The van der Waals surface area contributed by atoms with E-state index >= 15 is 0 Å². The number of urea groups is 1. The molecule has 0 aliphatic heterocycles. The molecule has 0 aromatic heterocycles. The van der Waals surface area contributed by atoms with Crippen molar-refractivity contribution in [1.29, 1.82) is 5.26 Å². The van der Waals surface area contributed by atoms with Crippen LogP contribution >= 0.6 is 0 Å². The minimum Gasteiger partial charge on any atom is -0.336 e. The summed E-state index contributed by atoms with van der Waals surface area (Å²) in [4.78, 5) is 10.9. The number of rotatable bonds is 2. The van der Waals surface area contributed by atoms with Gasteiger partial charge in [-0.3, -0.25) is 0 Å². The highest BCUT2D eigenvalue weighted by molar-refractivity contribution is 5.76. The molecule has 0 saturated heterocycles. The Labute approximate surface area is 88.9 Å². The molecule has 0 aromatic rings. The second-order valence-corrected chi connectivity index (χ2v) is 3.05. The molecular weight excluding hydrogens is 230 g/mol. The normalized spacial score (nSPS) is 12.9. The van der Waals surface area contributed by atoms with Crippen molar-refractivity contribution in [3.63, 3.8) is 0 Å². The van der Waals surface area contributed by atoms with Crippen molar-refractivity contribution in [2.45, 2.75) is 26.1 Å². The fourth-order valence-electron chi connectivity index (χ4n) is 0.718. The van der Waals surface area contributed by atoms with Gasteiger partial charge in [-0.05, 0) is 13.8 Å². The van der Waals surface area contributed by atoms with E-state index in [2.05, 4.69) is 5.32 Å². The topological polar surface area (TPSA) is 64.9 Å². The fourth-order valence-corrected chi connectivity index (χ4v) is 0.718. The molecule has 4 nitrogen and oxygen atoms in total. The predicted molar refractivity (Wildman–Crippen MR) is 46.6 cm³/mol. The van der Waals surface area contributed by atoms with Crippen LogP contribution in [0.5, 0.6) is 0 Å². The van der Waals surface area contributed by atoms with Crippen LogP contribution in [0.25, 0.3) is 0 Å². The molecule has 2 N–H and O–H groups in total. The minimum absolute atomic E-state index is 0.417. The lowest BCUT2D eigenvalue weighted by Gasteiger charge is -2.14. The SMILES string of the molecule is CC(C)NC(=O)N/C(=C(/F)C#N)C(F)(F)F. The van der Waals surface area contributed by atoms with Crippen LogP contribution in [0.2, 0.25) is 0 Å². The van der Waals surface area contributed by atoms with Crippen LogP contribution in [-0.2, 0) is 0 Å². The lowest BCUT2D eigenvalue weighted by atomic mass is 10.3. The maximum absolute atomic E-state index is 12.5. The van der Waals surface area contributed by atoms with Gasteiger partial charge in [-0.1, -0.05) is 0 Å². The molecule has 0 aliphatic carbocycles. The molecule has 0 rings (SSSR count). The van der Waals surface area contributed by atoms with Gasteiger partial charge in [0.2, 0.25) is 5.83 Å². The number of nitriles is 1. The fraction of sp³-hybridized carbons (Fsp3) is 0.500. The van der Waals surface area contributed by atoms with Gasteiger partial charge in [0.1, 0.15) is 6.07 Å². The Morgan fingerprint density at radius 1 is 1.38 bits per heavy atom. The zero-order chi connectivity index (χ0) is 12.9. The summed E-state index contributed by atoms with van der Waals surface area (Å²) < 4.78 is 49.0. The first kappa shape index (κ1) is 14.2. The van der Waals surface area contributed by atoms with Gasteiger partial charge in [-0.15, -0.1) is 0 Å². The Balaban J connectivity index is 4.88. The van der Waals surface area contributed by atoms with Crippen molar-refractivity contribution in [2.24, 2.45) is 0 Å². The molecule has 0 spiro atoms. The molecule has 0 bridgehead atoms. The molecule has 0 saturated carbocycles. The lowest BCUT2D eigenvalue weighted by molar-refractivity contribution is -0.0971. The highest BCUT2D eigenvalue weighted by atomic mass is 19.4. The number of carbonyl (C=O) groups is 1. The van der Waals surface area contributed by atoms with E-state index in [0.29, 0.717) is 6.07 Å². The predicted octanol–water partition coefficient (Wildman–Crippen LogP) is 1.96. The van der Waals surface area contributed by atoms with E-state index in [9.17, 15) is 22.4 Å². The quantitative estimate of drug-likeness (QED) is 0.571. The Morgan fingerprint density at radius 2 is 1.88 bits per heavy atom. The summed E-state index contributed by atoms with van der Waals surface area (Å²) in [5.74, 6) is -2.09. The van der Waals surface area contributed by atoms with Crippen LogP contribution in [-0.4, -0.2) is 18.2 Å². The molecule has 0 unspecified atom stereocenters. The van der Waals surface area contributed by atoms with Crippen molar-refractivity contribution in [3.8, 4) is 6.07 Å². The number of hydrogen-bond donors (Lipinski definition) is 2. The van der Waals surface area contributed by atoms with Gasteiger partial charge >= 0.3 is 12.2 Å². The van der Waals surface area contributed by atoms with E-state index in [1.165, 1.54) is 19.2 Å². The van der Waals surface area contributed by atoms with Gasteiger partial charge in [0.15, 0.2) is 5.70 Å². The molecule has 0 atom stereocenters. The lowest BCUT2D eigenvalue weighted by Crippen LogP contribution is -2.42. The summed E-state index contributed by atoms with van der Waals surface area (Å²) in [6, 6.07) is -0.965. The Kier molecular flexibility index (Phi) is 4.75. The largest absolute Gasteiger partial charge is 0.435 e. The number of hydrogen-bond acceptors (Lipinski definition) is 2. The van der Waals surface area contributed by atoms with Crippen LogP contribution in [0, 0.1) is 11.3 Å². The second-order valence-electron chi connectivity index (χ2n) is 3.05. The smallest absolute Gasteiger partial charge is 0.336 e. The van der Waals surface area contributed by atoms with Gasteiger partial charge in [-0.2, -0.15) is 22.8 Å². The van der Waals surface area contributed by atoms with E-state index in [1.807, 2.05) is 0 Å². The third kappa shape index (κ3) is 4.63. The molecule has 2 amide bonds.